The van der Waals surface area contributed by atoms with Gasteiger partial charge < -0.3 is 14.6 Å². The molecule has 1 rings (SSSR count). The summed E-state index contributed by atoms with van der Waals surface area (Å²) in [5, 5.41) is 9.34. The van der Waals surface area contributed by atoms with E-state index in [1.807, 2.05) is 6.92 Å². The molecule has 0 aromatic carbocycles. The highest BCUT2D eigenvalue weighted by Crippen LogP contribution is 2.21. The van der Waals surface area contributed by atoms with Gasteiger partial charge in [0.05, 0.1) is 19.3 Å². The van der Waals surface area contributed by atoms with E-state index in [9.17, 15) is 9.90 Å². The van der Waals surface area contributed by atoms with Crippen molar-refractivity contribution in [3.63, 3.8) is 0 Å². The summed E-state index contributed by atoms with van der Waals surface area (Å²) in [5.74, 6) is 0.0997. The maximum atomic E-state index is 10.8. The van der Waals surface area contributed by atoms with E-state index in [0.717, 1.165) is 0 Å². The molecular formula is C9H14O4. The molecule has 0 bridgehead atoms. The maximum absolute atomic E-state index is 10.8. The van der Waals surface area contributed by atoms with Gasteiger partial charge in [-0.25, -0.2) is 4.79 Å². The van der Waals surface area contributed by atoms with Crippen molar-refractivity contribution >= 4 is 5.97 Å². The number of esters is 1. The van der Waals surface area contributed by atoms with Crippen LogP contribution in [0.15, 0.2) is 11.8 Å². The van der Waals surface area contributed by atoms with Crippen LogP contribution in [0.2, 0.25) is 0 Å². The molecule has 1 N–H and O–H groups in total. The van der Waals surface area contributed by atoms with E-state index >= 15 is 0 Å². The summed E-state index contributed by atoms with van der Waals surface area (Å²) < 4.78 is 9.86. The molecule has 0 aromatic rings. The Bertz CT molecular complexity index is 222. The first-order valence-electron chi connectivity index (χ1n) is 4.31. The van der Waals surface area contributed by atoms with Crippen LogP contribution in [0.3, 0.4) is 0 Å². The highest BCUT2D eigenvalue weighted by atomic mass is 16.6. The SMILES string of the molecule is CC[C@H](O)C[C@H]1OC(=O)C=C1OC. The van der Waals surface area contributed by atoms with Crippen molar-refractivity contribution in [3.05, 3.63) is 11.8 Å². The van der Waals surface area contributed by atoms with Gasteiger partial charge in [0, 0.05) is 6.42 Å². The third-order valence-corrected chi connectivity index (χ3v) is 2.03. The van der Waals surface area contributed by atoms with Crippen molar-refractivity contribution < 1.29 is 19.4 Å². The molecule has 0 saturated heterocycles. The van der Waals surface area contributed by atoms with Crippen LogP contribution in [-0.4, -0.2) is 30.4 Å². The number of aliphatic hydroxyl groups is 1. The van der Waals surface area contributed by atoms with Crippen LogP contribution in [-0.2, 0) is 14.3 Å². The molecule has 0 radical (unpaired) electrons. The lowest BCUT2D eigenvalue weighted by molar-refractivity contribution is -0.140. The fraction of sp³-hybridized carbons (Fsp3) is 0.667. The van der Waals surface area contributed by atoms with E-state index in [0.29, 0.717) is 18.6 Å². The molecule has 1 heterocycles. The molecule has 2 atom stereocenters. The Morgan fingerprint density at radius 2 is 2.46 bits per heavy atom. The number of rotatable bonds is 4. The summed E-state index contributed by atoms with van der Waals surface area (Å²) in [4.78, 5) is 10.8. The number of hydrogen-bond acceptors (Lipinski definition) is 4. The lowest BCUT2D eigenvalue weighted by Gasteiger charge is -2.15. The summed E-state index contributed by atoms with van der Waals surface area (Å²) in [5.41, 5.74) is 0. The summed E-state index contributed by atoms with van der Waals surface area (Å²) >= 11 is 0. The maximum Gasteiger partial charge on any atom is 0.335 e. The van der Waals surface area contributed by atoms with E-state index in [4.69, 9.17) is 9.47 Å². The van der Waals surface area contributed by atoms with Crippen molar-refractivity contribution in [2.75, 3.05) is 7.11 Å². The van der Waals surface area contributed by atoms with Gasteiger partial charge in [0.15, 0.2) is 6.10 Å². The Morgan fingerprint density at radius 1 is 1.77 bits per heavy atom. The van der Waals surface area contributed by atoms with Crippen LogP contribution in [0.1, 0.15) is 19.8 Å². The van der Waals surface area contributed by atoms with Crippen LogP contribution in [0.4, 0.5) is 0 Å². The molecule has 0 unspecified atom stereocenters. The van der Waals surface area contributed by atoms with Crippen molar-refractivity contribution in [1.82, 2.24) is 0 Å². The topological polar surface area (TPSA) is 55.8 Å². The summed E-state index contributed by atoms with van der Waals surface area (Å²) in [6.07, 6.45) is 1.50. The van der Waals surface area contributed by atoms with Gasteiger partial charge in [0.25, 0.3) is 0 Å². The number of hydrogen-bond donors (Lipinski definition) is 1. The molecule has 0 aromatic heterocycles. The first-order chi connectivity index (χ1) is 6.17. The largest absolute Gasteiger partial charge is 0.497 e. The first-order valence-corrected chi connectivity index (χ1v) is 4.31. The lowest BCUT2D eigenvalue weighted by Crippen LogP contribution is -2.20. The van der Waals surface area contributed by atoms with Crippen LogP contribution in [0.5, 0.6) is 0 Å². The minimum Gasteiger partial charge on any atom is -0.497 e. The number of ether oxygens (including phenoxy) is 2. The number of methoxy groups -OCH3 is 1. The highest BCUT2D eigenvalue weighted by Gasteiger charge is 2.28. The van der Waals surface area contributed by atoms with E-state index < -0.39 is 18.2 Å². The number of aliphatic hydroxyl groups excluding tert-OH is 1. The van der Waals surface area contributed by atoms with E-state index in [1.54, 1.807) is 0 Å². The molecular weight excluding hydrogens is 172 g/mol. The van der Waals surface area contributed by atoms with Gasteiger partial charge in [-0.15, -0.1) is 0 Å². The van der Waals surface area contributed by atoms with Crippen LogP contribution >= 0.6 is 0 Å². The molecule has 0 spiro atoms. The molecule has 0 amide bonds. The summed E-state index contributed by atoms with van der Waals surface area (Å²) in [7, 11) is 1.49. The van der Waals surface area contributed by atoms with Gasteiger partial charge in [-0.2, -0.15) is 0 Å². The van der Waals surface area contributed by atoms with E-state index in [1.165, 1.54) is 13.2 Å². The molecule has 1 aliphatic rings. The zero-order chi connectivity index (χ0) is 9.84. The smallest absolute Gasteiger partial charge is 0.335 e. The summed E-state index contributed by atoms with van der Waals surface area (Å²) in [6, 6.07) is 0. The molecule has 0 aliphatic carbocycles. The Kier molecular flexibility index (Phi) is 3.31. The zero-order valence-corrected chi connectivity index (χ0v) is 7.82. The zero-order valence-electron chi connectivity index (χ0n) is 7.82. The second-order valence-corrected chi connectivity index (χ2v) is 2.97. The molecule has 0 saturated carbocycles. The predicted molar refractivity (Wildman–Crippen MR) is 45.9 cm³/mol. The second kappa shape index (κ2) is 4.28. The Labute approximate surface area is 77.1 Å². The quantitative estimate of drug-likeness (QED) is 0.653. The average molecular weight is 186 g/mol. The van der Waals surface area contributed by atoms with Crippen LogP contribution < -0.4 is 0 Å². The third kappa shape index (κ3) is 2.45. The fourth-order valence-electron chi connectivity index (χ4n) is 1.21. The number of carbonyl (C=O) groups excluding carboxylic acids is 1. The molecule has 4 nitrogen and oxygen atoms in total. The molecule has 1 aliphatic heterocycles. The number of carbonyl (C=O) groups is 1. The Morgan fingerprint density at radius 3 is 3.00 bits per heavy atom. The molecule has 4 heteroatoms. The van der Waals surface area contributed by atoms with Gasteiger partial charge in [0.1, 0.15) is 5.76 Å². The normalized spacial score (nSPS) is 23.8. The second-order valence-electron chi connectivity index (χ2n) is 2.97. The first kappa shape index (κ1) is 10.1. The average Bonchev–Trinajstić information content (AvgIpc) is 2.46. The van der Waals surface area contributed by atoms with Crippen LogP contribution in [0, 0.1) is 0 Å². The van der Waals surface area contributed by atoms with E-state index in [2.05, 4.69) is 0 Å². The Hall–Kier alpha value is -1.03. The highest BCUT2D eigenvalue weighted by molar-refractivity contribution is 5.85. The van der Waals surface area contributed by atoms with Crippen molar-refractivity contribution in [3.8, 4) is 0 Å². The minimum atomic E-state index is -0.450. The standard InChI is InChI=1S/C9H14O4/c1-3-6(10)4-8-7(12-2)5-9(11)13-8/h5-6,8,10H,3-4H2,1-2H3/t6-,8+/m0/s1. The minimum absolute atomic E-state index is 0.398. The Balaban J connectivity index is 2.52. The van der Waals surface area contributed by atoms with Crippen molar-refractivity contribution in [2.24, 2.45) is 0 Å². The molecule has 13 heavy (non-hydrogen) atoms. The molecule has 74 valence electrons. The van der Waals surface area contributed by atoms with Crippen molar-refractivity contribution in [2.45, 2.75) is 32.0 Å². The van der Waals surface area contributed by atoms with Crippen LogP contribution in [0.25, 0.3) is 0 Å². The van der Waals surface area contributed by atoms with E-state index in [-0.39, 0.29) is 0 Å². The summed E-state index contributed by atoms with van der Waals surface area (Å²) in [6.45, 7) is 1.87. The third-order valence-electron chi connectivity index (χ3n) is 2.03. The lowest BCUT2D eigenvalue weighted by atomic mass is 10.1. The predicted octanol–water partition coefficient (Wildman–Crippen LogP) is 0.603. The van der Waals surface area contributed by atoms with Gasteiger partial charge in [0.2, 0.25) is 0 Å². The van der Waals surface area contributed by atoms with Gasteiger partial charge in [-0.05, 0) is 6.42 Å². The number of cyclic esters (lactones) is 1. The fourth-order valence-corrected chi connectivity index (χ4v) is 1.21. The van der Waals surface area contributed by atoms with Crippen molar-refractivity contribution in [1.29, 1.82) is 0 Å². The molecule has 0 fully saturated rings. The van der Waals surface area contributed by atoms with Gasteiger partial charge in [-0.1, -0.05) is 6.92 Å². The van der Waals surface area contributed by atoms with Gasteiger partial charge >= 0.3 is 5.97 Å². The van der Waals surface area contributed by atoms with Gasteiger partial charge in [-0.3, -0.25) is 0 Å². The monoisotopic (exact) mass is 186 g/mol.